The van der Waals surface area contributed by atoms with Crippen molar-refractivity contribution in [3.05, 3.63) is 36.0 Å². The van der Waals surface area contributed by atoms with Crippen LogP contribution in [-0.2, 0) is 20.9 Å². The van der Waals surface area contributed by atoms with Gasteiger partial charge in [0.1, 0.15) is 22.7 Å². The van der Waals surface area contributed by atoms with Crippen LogP contribution < -0.4 is 14.8 Å². The van der Waals surface area contributed by atoms with Crippen molar-refractivity contribution in [2.24, 2.45) is 0 Å². The van der Waals surface area contributed by atoms with Crippen LogP contribution in [0, 0.1) is 0 Å². The number of para-hydroxylation sites is 1. The number of sulfonamides is 1. The number of aliphatic hydroxyl groups is 1. The highest BCUT2D eigenvalue weighted by molar-refractivity contribution is 7.89. The number of halogens is 3. The zero-order chi connectivity index (χ0) is 24.4. The Balaban J connectivity index is 1.95. The molecular formula is C17H19F3N4O5S. The number of hydrogen-bond acceptors (Lipinski definition) is 8. The molecule has 2 aromatic rings. The zero-order valence-corrected chi connectivity index (χ0v) is 16.0. The van der Waals surface area contributed by atoms with Gasteiger partial charge in [-0.05, 0) is 19.1 Å². The minimum atomic E-state index is -4.87. The molecule has 13 heteroatoms. The third-order valence-electron chi connectivity index (χ3n) is 4.14. The van der Waals surface area contributed by atoms with Crippen molar-refractivity contribution in [1.29, 1.82) is 0 Å². The van der Waals surface area contributed by atoms with Crippen LogP contribution in [0.2, 0.25) is 0 Å². The molecular weight excluding hydrogens is 429 g/mol. The summed E-state index contributed by atoms with van der Waals surface area (Å²) in [5.74, 6) is -1.32. The Morgan fingerprint density at radius 1 is 1.37 bits per heavy atom. The lowest BCUT2D eigenvalue weighted by molar-refractivity contribution is -0.141. The van der Waals surface area contributed by atoms with Crippen molar-refractivity contribution < 1.29 is 40.3 Å². The summed E-state index contributed by atoms with van der Waals surface area (Å²) in [5, 5.41) is 12.4. The number of benzene rings is 1. The molecule has 0 unspecified atom stereocenters. The molecule has 0 saturated carbocycles. The Kier molecular flexibility index (Phi) is 5.32. The number of anilines is 2. The average Bonchev–Trinajstić information content (AvgIpc) is 2.67. The number of rotatable bonds is 6. The van der Waals surface area contributed by atoms with E-state index in [-0.39, 0.29) is 25.3 Å². The van der Waals surface area contributed by atoms with Gasteiger partial charge in [-0.1, -0.05) is 12.1 Å². The predicted octanol–water partition coefficient (Wildman–Crippen LogP) is 1.68. The van der Waals surface area contributed by atoms with Crippen LogP contribution in [0.4, 0.5) is 24.8 Å². The van der Waals surface area contributed by atoms with E-state index in [2.05, 4.69) is 15.3 Å². The predicted molar refractivity (Wildman–Crippen MR) is 98.9 cm³/mol. The van der Waals surface area contributed by atoms with Crippen LogP contribution in [0.15, 0.2) is 35.4 Å². The highest BCUT2D eigenvalue weighted by atomic mass is 32.2. The number of nitrogens with zero attached hydrogens (tertiary/aromatic N) is 2. The molecule has 9 nitrogen and oxygen atoms in total. The first-order valence-electron chi connectivity index (χ1n) is 10.0. The summed E-state index contributed by atoms with van der Waals surface area (Å²) in [7, 11) is -4.53. The lowest BCUT2D eigenvalue weighted by atomic mass is 10.1. The second-order valence-electron chi connectivity index (χ2n) is 6.22. The monoisotopic (exact) mass is 451 g/mol. The fraction of sp³-hybridized carbons (Fsp3) is 0.412. The molecule has 2 atom stereocenters. The van der Waals surface area contributed by atoms with Crippen LogP contribution in [0.25, 0.3) is 0 Å². The number of aromatic nitrogens is 2. The summed E-state index contributed by atoms with van der Waals surface area (Å²) in [5.41, 5.74) is -1.48. The standard InChI is InChI=1S/C17H19F3N4O5S/c1-21-30(26,27)14-5-3-2-4-11(14)23-16-22-8-10(17(18,19)20)15(24-16)29-13-6-7-28-9-12(13)25/h2-5,8,12-13,21,25H,6-7,9H2,1H3,(H,22,23,24)/t12-,13-/m1/s1/i1D3. The lowest BCUT2D eigenvalue weighted by Gasteiger charge is -2.28. The molecule has 1 aromatic heterocycles. The minimum Gasteiger partial charge on any atom is -0.471 e. The molecule has 1 fully saturated rings. The number of hydrogen-bond donors (Lipinski definition) is 3. The third-order valence-corrected chi connectivity index (χ3v) is 5.35. The fourth-order valence-corrected chi connectivity index (χ4v) is 3.45. The van der Waals surface area contributed by atoms with Gasteiger partial charge in [-0.2, -0.15) is 18.2 Å². The molecule has 0 radical (unpaired) electrons. The maximum atomic E-state index is 13.4. The normalized spacial score (nSPS) is 21.9. The van der Waals surface area contributed by atoms with Gasteiger partial charge in [-0.3, -0.25) is 0 Å². The van der Waals surface area contributed by atoms with E-state index in [9.17, 15) is 26.7 Å². The van der Waals surface area contributed by atoms with Gasteiger partial charge in [-0.25, -0.2) is 18.1 Å². The molecule has 30 heavy (non-hydrogen) atoms. The number of ether oxygens (including phenoxy) is 2. The van der Waals surface area contributed by atoms with Crippen molar-refractivity contribution in [2.75, 3.05) is 25.5 Å². The first-order chi connectivity index (χ1) is 15.3. The zero-order valence-electron chi connectivity index (χ0n) is 18.2. The Hall–Kier alpha value is -2.48. The van der Waals surface area contributed by atoms with Crippen LogP contribution >= 0.6 is 0 Å². The van der Waals surface area contributed by atoms with Crippen LogP contribution in [0.3, 0.4) is 0 Å². The number of aliphatic hydroxyl groups excluding tert-OH is 1. The Bertz CT molecular complexity index is 1100. The maximum absolute atomic E-state index is 13.4. The van der Waals surface area contributed by atoms with Gasteiger partial charge in [0, 0.05) is 16.7 Å². The molecule has 0 bridgehead atoms. The average molecular weight is 451 g/mol. The summed E-state index contributed by atoms with van der Waals surface area (Å²) in [6, 6.07) is 5.08. The van der Waals surface area contributed by atoms with Gasteiger partial charge in [-0.15, -0.1) is 0 Å². The lowest BCUT2D eigenvalue weighted by Crippen LogP contribution is -2.41. The second kappa shape index (κ2) is 8.71. The molecule has 0 spiro atoms. The van der Waals surface area contributed by atoms with Crippen LogP contribution in [-0.4, -0.2) is 55.9 Å². The van der Waals surface area contributed by atoms with Crippen molar-refractivity contribution >= 4 is 21.7 Å². The summed E-state index contributed by atoms with van der Waals surface area (Å²) in [6.45, 7) is -2.96. The number of alkyl halides is 3. The van der Waals surface area contributed by atoms with E-state index in [1.54, 1.807) is 0 Å². The Labute approximate surface area is 174 Å². The highest BCUT2D eigenvalue weighted by Crippen LogP contribution is 2.36. The Morgan fingerprint density at radius 2 is 2.13 bits per heavy atom. The molecule has 1 saturated heterocycles. The molecule has 0 aliphatic carbocycles. The van der Waals surface area contributed by atoms with Crippen LogP contribution in [0.1, 0.15) is 16.1 Å². The highest BCUT2D eigenvalue weighted by Gasteiger charge is 2.38. The van der Waals surface area contributed by atoms with Crippen molar-refractivity contribution in [3.8, 4) is 5.88 Å². The molecule has 1 aliphatic heterocycles. The molecule has 3 N–H and O–H groups in total. The molecule has 164 valence electrons. The SMILES string of the molecule is [2H]C([2H])([2H])NS(=O)(=O)c1ccccc1Nc1ncc(C(F)(F)F)c(O[C@@H]2CCOC[C@H]2O)n1. The van der Waals surface area contributed by atoms with Gasteiger partial charge in [0.25, 0.3) is 0 Å². The number of nitrogens with one attached hydrogen (secondary N) is 2. The summed E-state index contributed by atoms with van der Waals surface area (Å²) in [4.78, 5) is 6.80. The largest absolute Gasteiger partial charge is 0.471 e. The molecule has 3 rings (SSSR count). The Morgan fingerprint density at radius 3 is 2.83 bits per heavy atom. The van der Waals surface area contributed by atoms with Gasteiger partial charge in [0.05, 0.1) is 18.9 Å². The van der Waals surface area contributed by atoms with E-state index in [0.717, 1.165) is 6.07 Å². The molecule has 1 aromatic carbocycles. The summed E-state index contributed by atoms with van der Waals surface area (Å²) < 4.78 is 98.4. The van der Waals surface area contributed by atoms with E-state index < -0.39 is 57.7 Å². The van der Waals surface area contributed by atoms with Crippen molar-refractivity contribution in [1.82, 2.24) is 14.7 Å². The van der Waals surface area contributed by atoms with Gasteiger partial charge in [0.15, 0.2) is 0 Å². The summed E-state index contributed by atoms with van der Waals surface area (Å²) >= 11 is 0. The van der Waals surface area contributed by atoms with Crippen molar-refractivity contribution in [3.63, 3.8) is 0 Å². The maximum Gasteiger partial charge on any atom is 0.423 e. The minimum absolute atomic E-state index is 0.118. The second-order valence-corrected chi connectivity index (χ2v) is 7.87. The third kappa shape index (κ3) is 4.98. The quantitative estimate of drug-likeness (QED) is 0.606. The first-order valence-corrected chi connectivity index (χ1v) is 10.0. The van der Waals surface area contributed by atoms with Gasteiger partial charge >= 0.3 is 6.18 Å². The van der Waals surface area contributed by atoms with E-state index in [0.29, 0.717) is 6.20 Å². The topological polar surface area (TPSA) is 123 Å². The van der Waals surface area contributed by atoms with Gasteiger partial charge in [0.2, 0.25) is 21.9 Å². The van der Waals surface area contributed by atoms with E-state index in [4.69, 9.17) is 13.6 Å². The fourth-order valence-electron chi connectivity index (χ4n) is 2.67. The smallest absolute Gasteiger partial charge is 0.423 e. The first kappa shape index (κ1) is 18.3. The van der Waals surface area contributed by atoms with E-state index in [1.807, 2.05) is 0 Å². The van der Waals surface area contributed by atoms with E-state index >= 15 is 0 Å². The van der Waals surface area contributed by atoms with Gasteiger partial charge < -0.3 is 19.9 Å². The van der Waals surface area contributed by atoms with Crippen molar-refractivity contribution in [2.45, 2.75) is 29.7 Å². The molecule has 0 amide bonds. The summed E-state index contributed by atoms with van der Waals surface area (Å²) in [6.07, 6.45) is -6.49. The van der Waals surface area contributed by atoms with Crippen LogP contribution in [0.5, 0.6) is 5.88 Å². The van der Waals surface area contributed by atoms with E-state index in [1.165, 1.54) is 22.9 Å². The molecule has 1 aliphatic rings. The molecule has 2 heterocycles.